The molecule has 4 nitrogen and oxygen atoms in total. The maximum absolute atomic E-state index is 12.0. The highest BCUT2D eigenvalue weighted by atomic mass is 32.2. The second-order valence-corrected chi connectivity index (χ2v) is 7.44. The van der Waals surface area contributed by atoms with Crippen LogP contribution < -0.4 is 10.0 Å². The average Bonchev–Trinajstić information content (AvgIpc) is 2.15. The van der Waals surface area contributed by atoms with Crippen molar-refractivity contribution in [3.05, 3.63) is 0 Å². The van der Waals surface area contributed by atoms with E-state index in [4.69, 9.17) is 0 Å². The molecule has 0 radical (unpaired) electrons. The fourth-order valence-corrected chi connectivity index (χ4v) is 4.20. The lowest BCUT2D eigenvalue weighted by Crippen LogP contribution is -2.40. The summed E-state index contributed by atoms with van der Waals surface area (Å²) in [4.78, 5) is 0. The molecule has 5 heteroatoms. The van der Waals surface area contributed by atoms with Crippen LogP contribution in [0.3, 0.4) is 0 Å². The molecular weight excluding hydrogens is 236 g/mol. The maximum atomic E-state index is 12.0. The Morgan fingerprint density at radius 3 is 2.59 bits per heavy atom. The van der Waals surface area contributed by atoms with Crippen LogP contribution in [-0.4, -0.2) is 33.3 Å². The van der Waals surface area contributed by atoms with Crippen LogP contribution in [-0.2, 0) is 10.0 Å². The van der Waals surface area contributed by atoms with Gasteiger partial charge in [0, 0.05) is 6.04 Å². The number of hydrogen-bond donors (Lipinski definition) is 2. The van der Waals surface area contributed by atoms with E-state index in [-0.39, 0.29) is 17.7 Å². The molecule has 1 fully saturated rings. The summed E-state index contributed by atoms with van der Waals surface area (Å²) in [5, 5.41) is 3.25. The number of rotatable bonds is 6. The molecule has 1 rings (SSSR count). The van der Waals surface area contributed by atoms with Crippen molar-refractivity contribution >= 4 is 10.0 Å². The topological polar surface area (TPSA) is 58.2 Å². The van der Waals surface area contributed by atoms with Gasteiger partial charge in [0.1, 0.15) is 0 Å². The first-order valence-corrected chi connectivity index (χ1v) is 8.25. The van der Waals surface area contributed by atoms with Gasteiger partial charge in [0.05, 0.1) is 5.75 Å². The Kier molecular flexibility index (Phi) is 5.89. The summed E-state index contributed by atoms with van der Waals surface area (Å²) in [5.41, 5.74) is 0. The third-order valence-electron chi connectivity index (χ3n) is 3.06. The molecule has 2 unspecified atom stereocenters. The summed E-state index contributed by atoms with van der Waals surface area (Å²) in [6.07, 6.45) is 3.00. The van der Waals surface area contributed by atoms with Crippen molar-refractivity contribution < 1.29 is 8.42 Å². The normalized spacial score (nSPS) is 23.9. The Morgan fingerprint density at radius 1 is 1.35 bits per heavy atom. The van der Waals surface area contributed by atoms with Crippen LogP contribution in [0, 0.1) is 11.8 Å². The van der Waals surface area contributed by atoms with Crippen LogP contribution in [0.1, 0.15) is 40.0 Å². The van der Waals surface area contributed by atoms with Gasteiger partial charge in [0.25, 0.3) is 0 Å². The average molecular weight is 262 g/mol. The molecule has 0 saturated carbocycles. The molecule has 1 heterocycles. The van der Waals surface area contributed by atoms with Gasteiger partial charge >= 0.3 is 0 Å². The minimum atomic E-state index is -3.12. The number of nitrogens with one attached hydrogen (secondary N) is 2. The van der Waals surface area contributed by atoms with Crippen molar-refractivity contribution in [2.45, 2.75) is 46.1 Å². The minimum absolute atomic E-state index is 0.0385. The first-order chi connectivity index (χ1) is 7.89. The lowest BCUT2D eigenvalue weighted by molar-refractivity contribution is 0.400. The van der Waals surface area contributed by atoms with Crippen LogP contribution in [0.2, 0.25) is 0 Å². The van der Waals surface area contributed by atoms with Crippen LogP contribution in [0.5, 0.6) is 0 Å². The molecule has 2 atom stereocenters. The lowest BCUT2D eigenvalue weighted by atomic mass is 10.0. The molecule has 102 valence electrons. The standard InChI is InChI=1S/C12H26N2O2S/c1-10(2)7-11(3)14-17(15,16)9-12-5-4-6-13-8-12/h10-14H,4-9H2,1-3H3. The van der Waals surface area contributed by atoms with Gasteiger partial charge < -0.3 is 5.32 Å². The van der Waals surface area contributed by atoms with E-state index in [1.54, 1.807) is 0 Å². The highest BCUT2D eigenvalue weighted by molar-refractivity contribution is 7.89. The predicted octanol–water partition coefficient (Wildman–Crippen LogP) is 1.34. The fourth-order valence-electron chi connectivity index (χ4n) is 2.49. The molecule has 0 amide bonds. The van der Waals surface area contributed by atoms with Crippen molar-refractivity contribution in [2.75, 3.05) is 18.8 Å². The van der Waals surface area contributed by atoms with Crippen molar-refractivity contribution in [1.82, 2.24) is 10.0 Å². The molecule has 0 aliphatic carbocycles. The SMILES string of the molecule is CC(C)CC(C)NS(=O)(=O)CC1CCCNC1. The van der Waals surface area contributed by atoms with E-state index in [2.05, 4.69) is 23.9 Å². The zero-order chi connectivity index (χ0) is 12.9. The van der Waals surface area contributed by atoms with Crippen molar-refractivity contribution in [2.24, 2.45) is 11.8 Å². The summed E-state index contributed by atoms with van der Waals surface area (Å²) < 4.78 is 26.7. The van der Waals surface area contributed by atoms with Gasteiger partial charge in [0.2, 0.25) is 10.0 Å². The van der Waals surface area contributed by atoms with Gasteiger partial charge in [-0.3, -0.25) is 0 Å². The van der Waals surface area contributed by atoms with Gasteiger partial charge in [-0.1, -0.05) is 13.8 Å². The predicted molar refractivity (Wildman–Crippen MR) is 71.4 cm³/mol. The molecule has 0 aromatic heterocycles. The molecule has 1 saturated heterocycles. The van der Waals surface area contributed by atoms with Crippen molar-refractivity contribution in [3.8, 4) is 0 Å². The fraction of sp³-hybridized carbons (Fsp3) is 1.00. The van der Waals surface area contributed by atoms with Crippen molar-refractivity contribution in [3.63, 3.8) is 0 Å². The summed E-state index contributed by atoms with van der Waals surface area (Å²) in [6.45, 7) is 8.01. The van der Waals surface area contributed by atoms with E-state index in [1.807, 2.05) is 6.92 Å². The number of hydrogen-bond acceptors (Lipinski definition) is 3. The largest absolute Gasteiger partial charge is 0.316 e. The molecule has 0 spiro atoms. The van der Waals surface area contributed by atoms with Gasteiger partial charge in [-0.2, -0.15) is 0 Å². The van der Waals surface area contributed by atoms with Gasteiger partial charge in [-0.25, -0.2) is 13.1 Å². The van der Waals surface area contributed by atoms with E-state index in [0.717, 1.165) is 32.4 Å². The minimum Gasteiger partial charge on any atom is -0.316 e. The molecule has 0 aromatic carbocycles. The smallest absolute Gasteiger partial charge is 0.212 e. The quantitative estimate of drug-likeness (QED) is 0.759. The highest BCUT2D eigenvalue weighted by Crippen LogP contribution is 2.13. The van der Waals surface area contributed by atoms with E-state index >= 15 is 0 Å². The van der Waals surface area contributed by atoms with Crippen LogP contribution >= 0.6 is 0 Å². The van der Waals surface area contributed by atoms with E-state index in [1.165, 1.54) is 0 Å². The molecule has 0 aromatic rings. The summed E-state index contributed by atoms with van der Waals surface area (Å²) in [7, 11) is -3.12. The monoisotopic (exact) mass is 262 g/mol. The van der Waals surface area contributed by atoms with Gasteiger partial charge in [-0.05, 0) is 51.1 Å². The Morgan fingerprint density at radius 2 is 2.06 bits per heavy atom. The van der Waals surface area contributed by atoms with Gasteiger partial charge in [-0.15, -0.1) is 0 Å². The Labute approximate surface area is 106 Å². The summed E-state index contributed by atoms with van der Waals surface area (Å²) >= 11 is 0. The zero-order valence-electron chi connectivity index (χ0n) is 11.2. The van der Waals surface area contributed by atoms with Gasteiger partial charge in [0.15, 0.2) is 0 Å². The molecule has 1 aliphatic rings. The molecular formula is C12H26N2O2S. The third-order valence-corrected chi connectivity index (χ3v) is 4.73. The highest BCUT2D eigenvalue weighted by Gasteiger charge is 2.22. The van der Waals surface area contributed by atoms with E-state index in [0.29, 0.717) is 5.92 Å². The second-order valence-electron chi connectivity index (χ2n) is 5.64. The van der Waals surface area contributed by atoms with E-state index in [9.17, 15) is 8.42 Å². The summed E-state index contributed by atoms with van der Waals surface area (Å²) in [5.74, 6) is 1.05. The second kappa shape index (κ2) is 6.71. The third kappa shape index (κ3) is 6.38. The lowest BCUT2D eigenvalue weighted by Gasteiger charge is -2.24. The van der Waals surface area contributed by atoms with E-state index < -0.39 is 10.0 Å². The first kappa shape index (κ1) is 14.9. The number of piperidine rings is 1. The Balaban J connectivity index is 2.39. The maximum Gasteiger partial charge on any atom is 0.212 e. The summed E-state index contributed by atoms with van der Waals surface area (Å²) in [6, 6.07) is 0.0385. The van der Waals surface area contributed by atoms with Crippen LogP contribution in [0.15, 0.2) is 0 Å². The molecule has 17 heavy (non-hydrogen) atoms. The zero-order valence-corrected chi connectivity index (χ0v) is 12.0. The molecule has 1 aliphatic heterocycles. The van der Waals surface area contributed by atoms with Crippen molar-refractivity contribution in [1.29, 1.82) is 0 Å². The molecule has 0 bridgehead atoms. The molecule has 2 N–H and O–H groups in total. The first-order valence-electron chi connectivity index (χ1n) is 6.60. The number of sulfonamides is 1. The Bertz CT molecular complexity index is 308. The Hall–Kier alpha value is -0.130. The van der Waals surface area contributed by atoms with Crippen LogP contribution in [0.4, 0.5) is 0 Å². The van der Waals surface area contributed by atoms with Crippen LogP contribution in [0.25, 0.3) is 0 Å².